The first kappa shape index (κ1) is 20.7. The summed E-state index contributed by atoms with van der Waals surface area (Å²) in [5, 5.41) is 0. The number of rotatable bonds is 8. The first-order chi connectivity index (χ1) is 14.7. The summed E-state index contributed by atoms with van der Waals surface area (Å²) in [5.74, 6) is 5.53. The third-order valence-electron chi connectivity index (χ3n) is 6.54. The van der Waals surface area contributed by atoms with Crippen molar-refractivity contribution in [3.63, 3.8) is 0 Å². The summed E-state index contributed by atoms with van der Waals surface area (Å²) in [6.45, 7) is 0.647. The van der Waals surface area contributed by atoms with Gasteiger partial charge in [-0.2, -0.15) is 0 Å². The Bertz CT molecular complexity index is 898. The second kappa shape index (κ2) is 9.47. The Kier molecular flexibility index (Phi) is 6.52. The van der Waals surface area contributed by atoms with Gasteiger partial charge >= 0.3 is 0 Å². The van der Waals surface area contributed by atoms with E-state index in [1.807, 2.05) is 6.20 Å². The van der Waals surface area contributed by atoms with Crippen LogP contribution in [0.15, 0.2) is 30.6 Å². The molecule has 2 saturated carbocycles. The largest absolute Gasteiger partial charge is 0.481 e. The van der Waals surface area contributed by atoms with Crippen molar-refractivity contribution in [2.24, 2.45) is 11.8 Å². The van der Waals surface area contributed by atoms with Crippen LogP contribution in [0.2, 0.25) is 0 Å². The van der Waals surface area contributed by atoms with Crippen molar-refractivity contribution in [2.45, 2.75) is 56.8 Å². The number of halogens is 1. The van der Waals surface area contributed by atoms with E-state index in [2.05, 4.69) is 28.0 Å². The molecule has 0 bridgehead atoms. The van der Waals surface area contributed by atoms with Crippen molar-refractivity contribution >= 4 is 0 Å². The molecule has 2 aliphatic carbocycles. The Balaban J connectivity index is 1.31. The molecule has 0 saturated heterocycles. The van der Waals surface area contributed by atoms with Gasteiger partial charge in [-0.25, -0.2) is 14.4 Å². The number of pyridine rings is 2. The van der Waals surface area contributed by atoms with Crippen LogP contribution in [0.3, 0.4) is 0 Å². The van der Waals surface area contributed by atoms with E-state index in [4.69, 9.17) is 15.9 Å². The van der Waals surface area contributed by atoms with Gasteiger partial charge in [0.25, 0.3) is 0 Å². The highest BCUT2D eigenvalue weighted by molar-refractivity contribution is 5.28. The van der Waals surface area contributed by atoms with Crippen molar-refractivity contribution in [3.8, 4) is 24.1 Å². The molecule has 30 heavy (non-hydrogen) atoms. The van der Waals surface area contributed by atoms with Gasteiger partial charge in [-0.05, 0) is 79.4 Å². The smallest absolute Gasteiger partial charge is 0.213 e. The number of hydrogen-bond acceptors (Lipinski definition) is 4. The molecule has 0 aliphatic heterocycles. The van der Waals surface area contributed by atoms with Crippen LogP contribution < -0.4 is 9.47 Å². The molecule has 158 valence electrons. The molecule has 0 amide bonds. The number of nitrogens with zero attached hydrogens (tertiary/aromatic N) is 2. The standard InChI is InChI=1S/C25H29FN2O2/c1-3-4-21(18-9-10-18)20-11-12-27-25(13-20)30-16-17-5-7-19(8-6-17)22-14-24(29-2)28-15-23(22)26/h1,11-15,17-19,21H,4-10,16H2,2H3/t17?,19?,21-/m0/s1. The van der Waals surface area contributed by atoms with Gasteiger partial charge in [-0.1, -0.05) is 0 Å². The van der Waals surface area contributed by atoms with Gasteiger partial charge in [-0.15, -0.1) is 12.3 Å². The zero-order valence-corrected chi connectivity index (χ0v) is 17.5. The maximum Gasteiger partial charge on any atom is 0.213 e. The highest BCUT2D eigenvalue weighted by Gasteiger charge is 2.32. The van der Waals surface area contributed by atoms with E-state index in [1.165, 1.54) is 24.6 Å². The fourth-order valence-corrected chi connectivity index (χ4v) is 4.62. The normalized spacial score (nSPS) is 22.2. The third-order valence-corrected chi connectivity index (χ3v) is 6.54. The Morgan fingerprint density at radius 1 is 1.13 bits per heavy atom. The average Bonchev–Trinajstić information content (AvgIpc) is 3.62. The van der Waals surface area contributed by atoms with Crippen molar-refractivity contribution in [1.82, 2.24) is 9.97 Å². The minimum atomic E-state index is -0.242. The number of ether oxygens (including phenoxy) is 2. The second-order valence-corrected chi connectivity index (χ2v) is 8.56. The highest BCUT2D eigenvalue weighted by Crippen LogP contribution is 2.44. The summed E-state index contributed by atoms with van der Waals surface area (Å²) >= 11 is 0. The van der Waals surface area contributed by atoms with Gasteiger partial charge in [0.15, 0.2) is 0 Å². The Morgan fingerprint density at radius 2 is 1.93 bits per heavy atom. The van der Waals surface area contributed by atoms with Crippen LogP contribution in [0.4, 0.5) is 4.39 Å². The molecule has 2 aromatic heterocycles. The topological polar surface area (TPSA) is 44.2 Å². The molecule has 2 heterocycles. The van der Waals surface area contributed by atoms with E-state index in [1.54, 1.807) is 13.2 Å². The molecule has 1 atom stereocenters. The number of methoxy groups -OCH3 is 1. The Morgan fingerprint density at radius 3 is 2.63 bits per heavy atom. The molecule has 4 rings (SSSR count). The molecule has 0 radical (unpaired) electrons. The Hall–Kier alpha value is -2.61. The second-order valence-electron chi connectivity index (χ2n) is 8.56. The molecule has 0 unspecified atom stereocenters. The van der Waals surface area contributed by atoms with Crippen molar-refractivity contribution < 1.29 is 13.9 Å². The van der Waals surface area contributed by atoms with E-state index in [-0.39, 0.29) is 11.7 Å². The zero-order valence-electron chi connectivity index (χ0n) is 17.5. The lowest BCUT2D eigenvalue weighted by atomic mass is 9.79. The molecular formula is C25H29FN2O2. The van der Waals surface area contributed by atoms with E-state index in [0.717, 1.165) is 37.7 Å². The van der Waals surface area contributed by atoms with Gasteiger partial charge in [0.1, 0.15) is 5.82 Å². The molecule has 4 nitrogen and oxygen atoms in total. The van der Waals surface area contributed by atoms with Gasteiger partial charge < -0.3 is 9.47 Å². The monoisotopic (exact) mass is 408 g/mol. The molecule has 0 aromatic carbocycles. The lowest BCUT2D eigenvalue weighted by Gasteiger charge is -2.29. The molecule has 0 N–H and O–H groups in total. The summed E-state index contributed by atoms with van der Waals surface area (Å²) in [7, 11) is 1.56. The highest BCUT2D eigenvalue weighted by atomic mass is 19.1. The third kappa shape index (κ3) is 4.92. The quantitative estimate of drug-likeness (QED) is 0.542. The maximum absolute atomic E-state index is 14.2. The molecule has 2 fully saturated rings. The fraction of sp³-hybridized carbons (Fsp3) is 0.520. The first-order valence-corrected chi connectivity index (χ1v) is 10.9. The SMILES string of the molecule is C#CC[C@H](c1ccnc(OCC2CCC(c3cc(OC)ncc3F)CC2)c1)C1CC1. The summed E-state index contributed by atoms with van der Waals surface area (Å²) in [6.07, 6.45) is 15.9. The lowest BCUT2D eigenvalue weighted by molar-refractivity contribution is 0.193. The lowest BCUT2D eigenvalue weighted by Crippen LogP contribution is -2.20. The summed E-state index contributed by atoms with van der Waals surface area (Å²) in [4.78, 5) is 8.34. The van der Waals surface area contributed by atoms with E-state index >= 15 is 0 Å². The summed E-state index contributed by atoms with van der Waals surface area (Å²) in [5.41, 5.74) is 1.96. The number of aromatic nitrogens is 2. The Labute approximate surface area is 178 Å². The molecule has 2 aliphatic rings. The van der Waals surface area contributed by atoms with E-state index in [0.29, 0.717) is 36.1 Å². The van der Waals surface area contributed by atoms with Crippen LogP contribution in [0.5, 0.6) is 11.8 Å². The predicted octanol–water partition coefficient (Wildman–Crippen LogP) is 5.49. The van der Waals surface area contributed by atoms with Crippen LogP contribution in [-0.4, -0.2) is 23.7 Å². The number of hydrogen-bond donors (Lipinski definition) is 0. The summed E-state index contributed by atoms with van der Waals surface area (Å²) in [6, 6.07) is 5.86. The van der Waals surface area contributed by atoms with E-state index < -0.39 is 0 Å². The van der Waals surface area contributed by atoms with Crippen molar-refractivity contribution in [3.05, 3.63) is 47.5 Å². The molecule has 5 heteroatoms. The van der Waals surface area contributed by atoms with Crippen LogP contribution in [0.1, 0.15) is 67.9 Å². The van der Waals surface area contributed by atoms with Gasteiger partial charge in [0, 0.05) is 24.8 Å². The average molecular weight is 409 g/mol. The molecular weight excluding hydrogens is 379 g/mol. The van der Waals surface area contributed by atoms with Crippen LogP contribution >= 0.6 is 0 Å². The van der Waals surface area contributed by atoms with Gasteiger partial charge in [0.2, 0.25) is 11.8 Å². The summed E-state index contributed by atoms with van der Waals surface area (Å²) < 4.78 is 25.4. The van der Waals surface area contributed by atoms with E-state index in [9.17, 15) is 4.39 Å². The predicted molar refractivity (Wildman–Crippen MR) is 114 cm³/mol. The first-order valence-electron chi connectivity index (χ1n) is 10.9. The minimum absolute atomic E-state index is 0.211. The number of terminal acetylenes is 1. The van der Waals surface area contributed by atoms with Crippen LogP contribution in [-0.2, 0) is 0 Å². The molecule has 0 spiro atoms. The van der Waals surface area contributed by atoms with Crippen LogP contribution in [0.25, 0.3) is 0 Å². The van der Waals surface area contributed by atoms with Crippen molar-refractivity contribution in [1.29, 1.82) is 0 Å². The van der Waals surface area contributed by atoms with Crippen molar-refractivity contribution in [2.75, 3.05) is 13.7 Å². The van der Waals surface area contributed by atoms with Gasteiger partial charge in [0.05, 0.1) is 19.9 Å². The minimum Gasteiger partial charge on any atom is -0.481 e. The zero-order chi connectivity index (χ0) is 20.9. The van der Waals surface area contributed by atoms with Gasteiger partial charge in [-0.3, -0.25) is 0 Å². The molecule has 2 aromatic rings. The maximum atomic E-state index is 14.2. The fourth-order valence-electron chi connectivity index (χ4n) is 4.62. The van der Waals surface area contributed by atoms with Crippen LogP contribution in [0, 0.1) is 30.0 Å².